The highest BCUT2D eigenvalue weighted by Gasteiger charge is 2.15. The molecule has 0 saturated heterocycles. The summed E-state index contributed by atoms with van der Waals surface area (Å²) in [6, 6.07) is 19.8. The first-order valence-electron chi connectivity index (χ1n) is 10.7. The number of carbonyl (C=O) groups is 1. The van der Waals surface area contributed by atoms with Gasteiger partial charge in [-0.25, -0.2) is 0 Å². The van der Waals surface area contributed by atoms with Crippen LogP contribution in [0.3, 0.4) is 0 Å². The maximum atomic E-state index is 12.5. The third-order valence-corrected chi connectivity index (χ3v) is 5.96. The van der Waals surface area contributed by atoms with Crippen molar-refractivity contribution in [3.05, 3.63) is 111 Å². The van der Waals surface area contributed by atoms with E-state index in [1.807, 2.05) is 36.7 Å². The molecule has 0 bridgehead atoms. The highest BCUT2D eigenvalue weighted by atomic mass is 35.5. The Bertz CT molecular complexity index is 1400. The molecule has 0 aliphatic carbocycles. The molecule has 0 atom stereocenters. The minimum Gasteiger partial charge on any atom is -0.618 e. The van der Waals surface area contributed by atoms with Crippen LogP contribution in [0.1, 0.15) is 38.6 Å². The molecule has 0 saturated carbocycles. The number of rotatable bonds is 6. The first-order valence-corrected chi connectivity index (χ1v) is 11.0. The Morgan fingerprint density at radius 3 is 2.62 bits per heavy atom. The molecule has 0 aliphatic heterocycles. The Kier molecular flexibility index (Phi) is 6.62. The number of carbonyl (C=O) groups excluding carboxylic acids is 1. The van der Waals surface area contributed by atoms with Gasteiger partial charge in [0.1, 0.15) is 12.6 Å². The topological polar surface area (TPSA) is 97.7 Å². The van der Waals surface area contributed by atoms with Crippen molar-refractivity contribution in [1.82, 2.24) is 15.1 Å². The van der Waals surface area contributed by atoms with Crippen molar-refractivity contribution < 1.29 is 9.52 Å². The van der Waals surface area contributed by atoms with E-state index in [2.05, 4.69) is 16.5 Å². The summed E-state index contributed by atoms with van der Waals surface area (Å²) in [5.74, 6) is -0.249. The number of pyridine rings is 1. The largest absolute Gasteiger partial charge is 0.618 e. The molecule has 4 rings (SSSR count). The van der Waals surface area contributed by atoms with Gasteiger partial charge in [-0.3, -0.25) is 9.48 Å². The number of nitrogens with one attached hydrogen (secondary N) is 1. The summed E-state index contributed by atoms with van der Waals surface area (Å²) in [5.41, 5.74) is 6.16. The van der Waals surface area contributed by atoms with E-state index in [1.54, 1.807) is 42.5 Å². The summed E-state index contributed by atoms with van der Waals surface area (Å²) in [6.45, 7) is 4.63. The van der Waals surface area contributed by atoms with Crippen molar-refractivity contribution in [3.63, 3.8) is 0 Å². The molecule has 0 fully saturated rings. The Labute approximate surface area is 202 Å². The number of hydrogen-bond acceptors (Lipinski definition) is 4. The molecular weight excluding hydrogens is 450 g/mol. The molecule has 1 amide bonds. The molecule has 7 nitrogen and oxygen atoms in total. The summed E-state index contributed by atoms with van der Waals surface area (Å²) in [6.07, 6.45) is 1.40. The van der Waals surface area contributed by atoms with Crippen molar-refractivity contribution in [3.8, 4) is 17.2 Å². The van der Waals surface area contributed by atoms with E-state index >= 15 is 0 Å². The van der Waals surface area contributed by atoms with Crippen LogP contribution in [-0.4, -0.2) is 15.7 Å². The molecule has 2 heterocycles. The van der Waals surface area contributed by atoms with Gasteiger partial charge in [-0.05, 0) is 55.3 Å². The highest BCUT2D eigenvalue weighted by molar-refractivity contribution is 6.32. The minimum absolute atomic E-state index is 0.152. The maximum absolute atomic E-state index is 12.5. The normalized spacial score (nSPS) is 10.6. The van der Waals surface area contributed by atoms with Crippen LogP contribution in [0.25, 0.3) is 11.1 Å². The molecule has 2 aromatic carbocycles. The van der Waals surface area contributed by atoms with Gasteiger partial charge in [0.15, 0.2) is 6.20 Å². The average molecular weight is 472 g/mol. The lowest BCUT2D eigenvalue weighted by atomic mass is 10.0. The molecule has 0 aliphatic rings. The Hall–Kier alpha value is -4.15. The molecule has 0 spiro atoms. The second-order valence-corrected chi connectivity index (χ2v) is 8.31. The van der Waals surface area contributed by atoms with Crippen molar-refractivity contribution in [2.45, 2.75) is 26.9 Å². The molecule has 2 aromatic heterocycles. The van der Waals surface area contributed by atoms with Crippen molar-refractivity contribution >= 4 is 17.5 Å². The zero-order chi connectivity index (χ0) is 24.2. The van der Waals surface area contributed by atoms with Gasteiger partial charge in [0.25, 0.3) is 5.91 Å². The molecule has 4 aromatic rings. The molecule has 8 heteroatoms. The number of benzene rings is 2. The van der Waals surface area contributed by atoms with E-state index in [-0.39, 0.29) is 12.5 Å². The first kappa shape index (κ1) is 23.0. The van der Waals surface area contributed by atoms with Gasteiger partial charge in [-0.15, -0.1) is 0 Å². The summed E-state index contributed by atoms with van der Waals surface area (Å²) >= 11 is 6.23. The molecule has 0 unspecified atom stereocenters. The second kappa shape index (κ2) is 9.77. The fourth-order valence-corrected chi connectivity index (χ4v) is 4.06. The van der Waals surface area contributed by atoms with Gasteiger partial charge in [0, 0.05) is 29.0 Å². The Morgan fingerprint density at radius 2 is 1.94 bits per heavy atom. The summed E-state index contributed by atoms with van der Waals surface area (Å²) in [7, 11) is 0. The quantitative estimate of drug-likeness (QED) is 0.335. The summed E-state index contributed by atoms with van der Waals surface area (Å²) in [5, 5.41) is 28.7. The number of aromatic nitrogens is 3. The second-order valence-electron chi connectivity index (χ2n) is 7.91. The first-order chi connectivity index (χ1) is 16.4. The number of hydrogen-bond donors (Lipinski definition) is 1. The van der Waals surface area contributed by atoms with Crippen molar-refractivity contribution in [1.29, 1.82) is 5.26 Å². The predicted octanol–water partition coefficient (Wildman–Crippen LogP) is 4.30. The minimum atomic E-state index is -0.249. The summed E-state index contributed by atoms with van der Waals surface area (Å²) in [4.78, 5) is 12.5. The van der Waals surface area contributed by atoms with Crippen LogP contribution in [0, 0.1) is 30.4 Å². The van der Waals surface area contributed by atoms with Crippen molar-refractivity contribution in [2.75, 3.05) is 0 Å². The fraction of sp³-hybridized carbons (Fsp3) is 0.154. The average Bonchev–Trinajstić information content (AvgIpc) is 3.11. The van der Waals surface area contributed by atoms with E-state index < -0.39 is 0 Å². The number of nitrogens with zero attached hydrogens (tertiary/aromatic N) is 4. The lowest BCUT2D eigenvalue weighted by molar-refractivity contribution is -0.614. The Morgan fingerprint density at radius 1 is 1.18 bits per heavy atom. The van der Waals surface area contributed by atoms with E-state index in [1.165, 1.54) is 6.20 Å². The van der Waals surface area contributed by atoms with E-state index in [9.17, 15) is 10.0 Å². The zero-order valence-electron chi connectivity index (χ0n) is 18.7. The van der Waals surface area contributed by atoms with Crippen LogP contribution in [0.4, 0.5) is 0 Å². The summed E-state index contributed by atoms with van der Waals surface area (Å²) < 4.78 is 2.64. The van der Waals surface area contributed by atoms with E-state index in [0.717, 1.165) is 32.8 Å². The lowest BCUT2D eigenvalue weighted by Crippen LogP contribution is -2.35. The van der Waals surface area contributed by atoms with Gasteiger partial charge in [-0.2, -0.15) is 15.1 Å². The van der Waals surface area contributed by atoms with Gasteiger partial charge in [0.05, 0.1) is 22.8 Å². The van der Waals surface area contributed by atoms with Crippen LogP contribution in [0.2, 0.25) is 5.02 Å². The Balaban J connectivity index is 1.47. The van der Waals surface area contributed by atoms with Crippen LogP contribution in [0.15, 0.2) is 66.9 Å². The molecule has 0 radical (unpaired) electrons. The molecule has 170 valence electrons. The van der Waals surface area contributed by atoms with E-state index in [0.29, 0.717) is 28.4 Å². The third-order valence-electron chi connectivity index (χ3n) is 5.64. The predicted molar refractivity (Wildman–Crippen MR) is 129 cm³/mol. The van der Waals surface area contributed by atoms with E-state index in [4.69, 9.17) is 16.9 Å². The van der Waals surface area contributed by atoms with Crippen LogP contribution < -0.4 is 10.0 Å². The van der Waals surface area contributed by atoms with Gasteiger partial charge in [-0.1, -0.05) is 29.8 Å². The monoisotopic (exact) mass is 471 g/mol. The highest BCUT2D eigenvalue weighted by Crippen LogP contribution is 2.30. The number of aryl methyl sites for hydroxylation is 1. The molecule has 1 N–H and O–H groups in total. The van der Waals surface area contributed by atoms with Crippen LogP contribution in [-0.2, 0) is 13.1 Å². The third kappa shape index (κ3) is 4.77. The fourth-order valence-electron chi connectivity index (χ4n) is 3.84. The number of nitriles is 1. The number of halogens is 1. The smallest absolute Gasteiger partial charge is 0.251 e. The van der Waals surface area contributed by atoms with Gasteiger partial charge in [0.2, 0.25) is 5.69 Å². The van der Waals surface area contributed by atoms with Gasteiger partial charge < -0.3 is 10.5 Å². The zero-order valence-corrected chi connectivity index (χ0v) is 19.5. The van der Waals surface area contributed by atoms with Crippen LogP contribution >= 0.6 is 11.6 Å². The maximum Gasteiger partial charge on any atom is 0.251 e. The van der Waals surface area contributed by atoms with Gasteiger partial charge >= 0.3 is 0 Å². The number of amides is 1. The lowest BCUT2D eigenvalue weighted by Gasteiger charge is -2.09. The molecule has 34 heavy (non-hydrogen) atoms. The van der Waals surface area contributed by atoms with Crippen LogP contribution in [0.5, 0.6) is 0 Å². The van der Waals surface area contributed by atoms with Crippen molar-refractivity contribution in [2.24, 2.45) is 0 Å². The standard InChI is InChI=1S/C26H22ClN5O2/c1-17-25(21-10-11-22(14-28)24(27)13-21)18(2)31(30-17)16-19-6-8-20(9-7-19)26(33)29-15-23-5-3-4-12-32(23)34/h3-13H,15-16H2,1-2H3,(H,29,33). The molecular formula is C26H22ClN5O2. The SMILES string of the molecule is Cc1nn(Cc2ccc(C(=O)NCc3cccc[n+]3[O-])cc2)c(C)c1-c1ccc(C#N)c(Cl)c1.